The van der Waals surface area contributed by atoms with Crippen LogP contribution in [-0.4, -0.2) is 54.2 Å². The van der Waals surface area contributed by atoms with Gasteiger partial charge in [0.05, 0.1) is 27.9 Å². The molecule has 0 aromatic heterocycles. The minimum atomic E-state index is -1.73. The van der Waals surface area contributed by atoms with E-state index in [0.717, 1.165) is 19.3 Å². The third-order valence-corrected chi connectivity index (χ3v) is 4.96. The van der Waals surface area contributed by atoms with E-state index in [1.807, 2.05) is 0 Å². The van der Waals surface area contributed by atoms with Crippen LogP contribution >= 0.6 is 0 Å². The van der Waals surface area contributed by atoms with E-state index >= 15 is 0 Å². The lowest BCUT2D eigenvalue weighted by atomic mass is 9.96. The Morgan fingerprint density at radius 2 is 1.35 bits per heavy atom. The van der Waals surface area contributed by atoms with Crippen LogP contribution < -0.4 is 9.47 Å². The van der Waals surface area contributed by atoms with E-state index in [9.17, 15) is 29.7 Å². The van der Waals surface area contributed by atoms with Crippen LogP contribution in [0.3, 0.4) is 0 Å². The summed E-state index contributed by atoms with van der Waals surface area (Å²) in [5.74, 6) is -4.35. The number of phenolic OH excluding ortho intramolecular Hbond substituents is 1. The monoisotopic (exact) mass is 470 g/mol. The molecule has 0 spiro atoms. The van der Waals surface area contributed by atoms with E-state index < -0.39 is 30.1 Å². The van der Waals surface area contributed by atoms with Crippen LogP contribution in [0.5, 0.6) is 23.0 Å². The number of ketones is 2. The SMILES string of the molecule is COC(=O)C(C(=O)/C=C/c1cc(C)c(O)c(OC)c1)C(=O)/C=C/c1cc(CO)c(O)c(OC)c1. The first-order valence-corrected chi connectivity index (χ1v) is 10.1. The normalized spacial score (nSPS) is 12.0. The Kier molecular flexibility index (Phi) is 8.97. The lowest BCUT2D eigenvalue weighted by Crippen LogP contribution is -2.30. The quantitative estimate of drug-likeness (QED) is 0.271. The van der Waals surface area contributed by atoms with E-state index in [4.69, 9.17) is 9.47 Å². The second kappa shape index (κ2) is 11.7. The highest BCUT2D eigenvalue weighted by Crippen LogP contribution is 2.32. The Morgan fingerprint density at radius 3 is 1.82 bits per heavy atom. The molecule has 9 heteroatoms. The molecule has 2 rings (SSSR count). The first-order chi connectivity index (χ1) is 16.2. The van der Waals surface area contributed by atoms with Gasteiger partial charge < -0.3 is 29.5 Å². The summed E-state index contributed by atoms with van der Waals surface area (Å²) in [5.41, 5.74) is 1.60. The predicted molar refractivity (Wildman–Crippen MR) is 124 cm³/mol. The number of allylic oxidation sites excluding steroid dienone is 2. The number of benzene rings is 2. The number of ether oxygens (including phenoxy) is 3. The maximum Gasteiger partial charge on any atom is 0.324 e. The number of esters is 1. The van der Waals surface area contributed by atoms with Crippen LogP contribution in [0.25, 0.3) is 12.2 Å². The molecule has 180 valence electrons. The number of methoxy groups -OCH3 is 3. The highest BCUT2D eigenvalue weighted by molar-refractivity contribution is 6.24. The number of carbonyl (C=O) groups is 3. The molecule has 34 heavy (non-hydrogen) atoms. The first-order valence-electron chi connectivity index (χ1n) is 10.1. The zero-order chi connectivity index (χ0) is 25.4. The molecule has 0 bridgehead atoms. The lowest BCUT2D eigenvalue weighted by Gasteiger charge is -2.10. The van der Waals surface area contributed by atoms with Crippen molar-refractivity contribution in [3.63, 3.8) is 0 Å². The van der Waals surface area contributed by atoms with Crippen molar-refractivity contribution in [1.29, 1.82) is 0 Å². The van der Waals surface area contributed by atoms with E-state index in [1.165, 1.54) is 44.6 Å². The van der Waals surface area contributed by atoms with Crippen molar-refractivity contribution in [3.05, 3.63) is 58.7 Å². The number of hydrogen-bond donors (Lipinski definition) is 3. The predicted octanol–water partition coefficient (Wildman–Crippen LogP) is 2.57. The van der Waals surface area contributed by atoms with Crippen molar-refractivity contribution in [1.82, 2.24) is 0 Å². The molecule has 0 fully saturated rings. The largest absolute Gasteiger partial charge is 0.504 e. The highest BCUT2D eigenvalue weighted by atomic mass is 16.5. The summed E-state index contributed by atoms with van der Waals surface area (Å²) < 4.78 is 14.8. The Bertz CT molecular complexity index is 1120. The average Bonchev–Trinajstić information content (AvgIpc) is 2.83. The first kappa shape index (κ1) is 26.1. The molecule has 0 radical (unpaired) electrons. The van der Waals surface area contributed by atoms with Crippen LogP contribution in [0.15, 0.2) is 36.4 Å². The molecule has 1 atom stereocenters. The fourth-order valence-electron chi connectivity index (χ4n) is 3.13. The molecular weight excluding hydrogens is 444 g/mol. The zero-order valence-electron chi connectivity index (χ0n) is 19.2. The summed E-state index contributed by atoms with van der Waals surface area (Å²) in [6.07, 6.45) is 4.83. The molecule has 1 unspecified atom stereocenters. The molecule has 0 aliphatic carbocycles. The number of aliphatic hydroxyl groups excluding tert-OH is 1. The van der Waals surface area contributed by atoms with Crippen LogP contribution in [0.1, 0.15) is 22.3 Å². The molecule has 2 aromatic carbocycles. The van der Waals surface area contributed by atoms with Crippen LogP contribution in [0, 0.1) is 12.8 Å². The molecular formula is C25H26O9. The summed E-state index contributed by atoms with van der Waals surface area (Å²) in [6, 6.07) is 5.95. The topological polar surface area (TPSA) is 140 Å². The Hall–Kier alpha value is -4.11. The summed E-state index contributed by atoms with van der Waals surface area (Å²) >= 11 is 0. The van der Waals surface area contributed by atoms with Gasteiger partial charge in [0, 0.05) is 5.56 Å². The second-order valence-electron chi connectivity index (χ2n) is 7.21. The van der Waals surface area contributed by atoms with Crippen molar-refractivity contribution < 1.29 is 43.9 Å². The van der Waals surface area contributed by atoms with Crippen molar-refractivity contribution in [3.8, 4) is 23.0 Å². The molecule has 0 aliphatic rings. The van der Waals surface area contributed by atoms with Gasteiger partial charge >= 0.3 is 5.97 Å². The van der Waals surface area contributed by atoms with Gasteiger partial charge in [0.15, 0.2) is 40.5 Å². The van der Waals surface area contributed by atoms with Gasteiger partial charge in [0.2, 0.25) is 0 Å². The van der Waals surface area contributed by atoms with Crippen molar-refractivity contribution >= 4 is 29.7 Å². The number of aliphatic hydroxyl groups is 1. The molecule has 2 aromatic rings. The van der Waals surface area contributed by atoms with Gasteiger partial charge in [-0.25, -0.2) is 0 Å². The highest BCUT2D eigenvalue weighted by Gasteiger charge is 2.31. The molecule has 0 saturated heterocycles. The smallest absolute Gasteiger partial charge is 0.324 e. The van der Waals surface area contributed by atoms with Crippen LogP contribution in [0.4, 0.5) is 0 Å². The van der Waals surface area contributed by atoms with Gasteiger partial charge in [-0.1, -0.05) is 12.2 Å². The van der Waals surface area contributed by atoms with Crippen LogP contribution in [0.2, 0.25) is 0 Å². The number of phenols is 2. The molecule has 0 aliphatic heterocycles. The fourth-order valence-corrected chi connectivity index (χ4v) is 3.13. The zero-order valence-corrected chi connectivity index (χ0v) is 19.2. The molecule has 0 heterocycles. The third kappa shape index (κ3) is 6.02. The molecule has 0 saturated carbocycles. The van der Waals surface area contributed by atoms with E-state index in [1.54, 1.807) is 13.0 Å². The maximum atomic E-state index is 12.7. The Labute approximate surface area is 196 Å². The van der Waals surface area contributed by atoms with Gasteiger partial charge in [-0.3, -0.25) is 14.4 Å². The number of aryl methyl sites for hydroxylation is 1. The number of aromatic hydroxyl groups is 2. The maximum absolute atomic E-state index is 12.7. The van der Waals surface area contributed by atoms with Gasteiger partial charge in [0.1, 0.15) is 0 Å². The minimum absolute atomic E-state index is 0.0334. The molecule has 9 nitrogen and oxygen atoms in total. The van der Waals surface area contributed by atoms with Gasteiger partial charge in [-0.2, -0.15) is 0 Å². The number of hydrogen-bond acceptors (Lipinski definition) is 9. The average molecular weight is 470 g/mol. The second-order valence-corrected chi connectivity index (χ2v) is 7.21. The Balaban J connectivity index is 2.31. The molecule has 0 amide bonds. The van der Waals surface area contributed by atoms with Gasteiger partial charge in [0.25, 0.3) is 0 Å². The van der Waals surface area contributed by atoms with Gasteiger partial charge in [-0.15, -0.1) is 0 Å². The van der Waals surface area contributed by atoms with Gasteiger partial charge in [-0.05, 0) is 60.0 Å². The van der Waals surface area contributed by atoms with E-state index in [-0.39, 0.29) is 28.6 Å². The molecule has 3 N–H and O–H groups in total. The number of rotatable bonds is 10. The summed E-state index contributed by atoms with van der Waals surface area (Å²) in [4.78, 5) is 37.6. The fraction of sp³-hybridized carbons (Fsp3) is 0.240. The lowest BCUT2D eigenvalue weighted by molar-refractivity contribution is -0.150. The summed E-state index contributed by atoms with van der Waals surface area (Å²) in [6.45, 7) is 1.19. The number of carbonyl (C=O) groups excluding carboxylic acids is 3. The standard InChI is InChI=1S/C25H26O9/c1-14-9-15(11-20(32-2)23(14)29)5-7-18(27)22(25(31)34-4)19(28)8-6-16-10-17(13-26)24(30)21(12-16)33-3/h5-12,22,26,29-30H,13H2,1-4H3/b7-5+,8-6+. The summed E-state index contributed by atoms with van der Waals surface area (Å²) in [7, 11) is 3.78. The van der Waals surface area contributed by atoms with Crippen LogP contribution in [-0.2, 0) is 25.7 Å². The van der Waals surface area contributed by atoms with E-state index in [2.05, 4.69) is 4.74 Å². The Morgan fingerprint density at radius 1 is 0.853 bits per heavy atom. The minimum Gasteiger partial charge on any atom is -0.504 e. The van der Waals surface area contributed by atoms with Crippen molar-refractivity contribution in [2.45, 2.75) is 13.5 Å². The summed E-state index contributed by atoms with van der Waals surface area (Å²) in [5, 5.41) is 29.3. The van der Waals surface area contributed by atoms with Crippen molar-refractivity contribution in [2.24, 2.45) is 5.92 Å². The van der Waals surface area contributed by atoms with Crippen molar-refractivity contribution in [2.75, 3.05) is 21.3 Å². The third-order valence-electron chi connectivity index (χ3n) is 4.96. The van der Waals surface area contributed by atoms with E-state index in [0.29, 0.717) is 16.7 Å².